The second-order valence-electron chi connectivity index (χ2n) is 6.45. The van der Waals surface area contributed by atoms with Gasteiger partial charge in [-0.1, -0.05) is 18.2 Å². The minimum absolute atomic E-state index is 0.0736. The van der Waals surface area contributed by atoms with Crippen molar-refractivity contribution in [2.45, 2.75) is 36.7 Å². The first kappa shape index (κ1) is 17.3. The number of hydrogen-bond donors (Lipinski definition) is 1. The second kappa shape index (κ2) is 6.79. The Morgan fingerprint density at radius 3 is 2.50 bits per heavy atom. The number of hydrogen-bond acceptors (Lipinski definition) is 5. The van der Waals surface area contributed by atoms with Crippen molar-refractivity contribution in [1.29, 1.82) is 0 Å². The van der Waals surface area contributed by atoms with Crippen LogP contribution in [-0.4, -0.2) is 66.8 Å². The number of nitrogens with two attached hydrogens (primary N) is 1. The first-order chi connectivity index (χ1) is 11.4. The first-order valence-corrected chi connectivity index (χ1v) is 9.72. The summed E-state index contributed by atoms with van der Waals surface area (Å²) < 4.78 is 26.9. The number of benzene rings is 1. The summed E-state index contributed by atoms with van der Waals surface area (Å²) in [5, 5.41) is 1.48. The zero-order valence-corrected chi connectivity index (χ0v) is 14.7. The zero-order valence-electron chi connectivity index (χ0n) is 13.8. The molecule has 2 saturated heterocycles. The van der Waals surface area contributed by atoms with Gasteiger partial charge in [-0.3, -0.25) is 10.6 Å². The fraction of sp³-hybridized carbons (Fsp3) is 0.562. The van der Waals surface area contributed by atoms with Crippen molar-refractivity contribution in [2.24, 2.45) is 5.84 Å². The molecule has 2 aliphatic rings. The lowest BCUT2D eigenvalue weighted by Gasteiger charge is -2.39. The maximum Gasteiger partial charge on any atom is 0.243 e. The summed E-state index contributed by atoms with van der Waals surface area (Å²) in [6.07, 6.45) is 1.96. The van der Waals surface area contributed by atoms with Gasteiger partial charge in [-0.2, -0.15) is 4.31 Å². The molecule has 2 atom stereocenters. The van der Waals surface area contributed by atoms with Gasteiger partial charge in [0.2, 0.25) is 15.9 Å². The third-order valence-electron chi connectivity index (χ3n) is 4.89. The van der Waals surface area contributed by atoms with Crippen molar-refractivity contribution in [3.05, 3.63) is 30.3 Å². The molecule has 132 valence electrons. The van der Waals surface area contributed by atoms with Gasteiger partial charge in [-0.05, 0) is 31.9 Å². The van der Waals surface area contributed by atoms with Crippen LogP contribution >= 0.6 is 0 Å². The highest BCUT2D eigenvalue weighted by Gasteiger charge is 2.40. The first-order valence-electron chi connectivity index (χ1n) is 8.28. The number of carbonyl (C=O) groups is 1. The van der Waals surface area contributed by atoms with Crippen molar-refractivity contribution in [2.75, 3.05) is 26.2 Å². The molecule has 0 aliphatic carbocycles. The van der Waals surface area contributed by atoms with Gasteiger partial charge >= 0.3 is 0 Å². The van der Waals surface area contributed by atoms with Crippen LogP contribution < -0.4 is 5.84 Å². The van der Waals surface area contributed by atoms with E-state index < -0.39 is 16.1 Å². The molecule has 3 rings (SSSR count). The van der Waals surface area contributed by atoms with Gasteiger partial charge in [0.25, 0.3) is 0 Å². The molecule has 2 N–H and O–H groups in total. The van der Waals surface area contributed by atoms with Crippen molar-refractivity contribution < 1.29 is 13.2 Å². The molecular weight excluding hydrogens is 328 g/mol. The summed E-state index contributed by atoms with van der Waals surface area (Å²) in [6, 6.07) is 7.87. The molecule has 0 bridgehead atoms. The smallest absolute Gasteiger partial charge is 0.243 e. The molecule has 2 fully saturated rings. The van der Waals surface area contributed by atoms with Crippen LogP contribution in [0.4, 0.5) is 0 Å². The standard InChI is InChI=1S/C16H24N4O3S/c1-13-6-5-9-19(13)16(21)15-12-18(10-11-20(15)17)24(22,23)14-7-3-2-4-8-14/h2-4,7-8,13,15H,5-6,9-12,17H2,1H3/t13-,15?/m1/s1. The average molecular weight is 352 g/mol. The number of carbonyl (C=O) groups excluding carboxylic acids is 1. The SMILES string of the molecule is C[C@@H]1CCCN1C(=O)C1CN(S(=O)(=O)c2ccccc2)CCN1N. The van der Waals surface area contributed by atoms with Crippen LogP contribution in [0.2, 0.25) is 0 Å². The van der Waals surface area contributed by atoms with Crippen molar-refractivity contribution >= 4 is 15.9 Å². The molecule has 0 aromatic heterocycles. The van der Waals surface area contributed by atoms with Crippen molar-refractivity contribution in [3.63, 3.8) is 0 Å². The minimum Gasteiger partial charge on any atom is -0.339 e. The zero-order chi connectivity index (χ0) is 17.3. The summed E-state index contributed by atoms with van der Waals surface area (Å²) in [4.78, 5) is 14.9. The highest BCUT2D eigenvalue weighted by Crippen LogP contribution is 2.23. The molecule has 24 heavy (non-hydrogen) atoms. The highest BCUT2D eigenvalue weighted by atomic mass is 32.2. The molecule has 2 aliphatic heterocycles. The Morgan fingerprint density at radius 1 is 1.17 bits per heavy atom. The summed E-state index contributed by atoms with van der Waals surface area (Å²) in [5.74, 6) is 5.93. The van der Waals surface area contributed by atoms with E-state index in [1.54, 1.807) is 30.3 Å². The van der Waals surface area contributed by atoms with Crippen molar-refractivity contribution in [3.8, 4) is 0 Å². The molecule has 1 amide bonds. The quantitative estimate of drug-likeness (QED) is 0.788. The van der Waals surface area contributed by atoms with E-state index in [-0.39, 0.29) is 29.9 Å². The number of piperazine rings is 1. The van der Waals surface area contributed by atoms with E-state index in [4.69, 9.17) is 5.84 Å². The van der Waals surface area contributed by atoms with Crippen molar-refractivity contribution in [1.82, 2.24) is 14.2 Å². The third-order valence-corrected chi connectivity index (χ3v) is 6.77. The van der Waals surface area contributed by atoms with Crippen LogP contribution in [0.15, 0.2) is 35.2 Å². The second-order valence-corrected chi connectivity index (χ2v) is 8.39. The number of hydrazine groups is 1. The third kappa shape index (κ3) is 3.19. The van der Waals surface area contributed by atoms with E-state index in [2.05, 4.69) is 0 Å². The molecular formula is C16H24N4O3S. The molecule has 0 radical (unpaired) electrons. The van der Waals surface area contributed by atoms with Gasteiger partial charge in [-0.25, -0.2) is 13.4 Å². The Morgan fingerprint density at radius 2 is 1.88 bits per heavy atom. The van der Waals surface area contributed by atoms with E-state index in [1.165, 1.54) is 9.31 Å². The number of rotatable bonds is 3. The summed E-state index contributed by atoms with van der Waals surface area (Å²) in [5.41, 5.74) is 0. The predicted molar refractivity (Wildman–Crippen MR) is 90.3 cm³/mol. The van der Waals surface area contributed by atoms with E-state index in [0.29, 0.717) is 6.54 Å². The Kier molecular flexibility index (Phi) is 4.91. The van der Waals surface area contributed by atoms with Gasteiger partial charge in [0.1, 0.15) is 6.04 Å². The van der Waals surface area contributed by atoms with E-state index in [0.717, 1.165) is 19.4 Å². The lowest BCUT2D eigenvalue weighted by Crippen LogP contribution is -2.62. The van der Waals surface area contributed by atoms with Gasteiger partial charge < -0.3 is 4.90 Å². The Labute approximate surface area is 143 Å². The molecule has 1 unspecified atom stereocenters. The monoisotopic (exact) mass is 352 g/mol. The fourth-order valence-electron chi connectivity index (χ4n) is 3.40. The number of sulfonamides is 1. The maximum atomic E-state index is 12.8. The summed E-state index contributed by atoms with van der Waals surface area (Å²) >= 11 is 0. The van der Waals surface area contributed by atoms with Crippen LogP contribution in [0.3, 0.4) is 0 Å². The largest absolute Gasteiger partial charge is 0.339 e. The van der Waals surface area contributed by atoms with E-state index in [1.807, 2.05) is 11.8 Å². The molecule has 1 aromatic carbocycles. The van der Waals surface area contributed by atoms with E-state index in [9.17, 15) is 13.2 Å². The Hall–Kier alpha value is -1.48. The molecule has 8 heteroatoms. The maximum absolute atomic E-state index is 12.8. The summed E-state index contributed by atoms with van der Waals surface area (Å²) in [7, 11) is -3.61. The summed E-state index contributed by atoms with van der Waals surface area (Å²) in [6.45, 7) is 3.45. The van der Waals surface area contributed by atoms with Gasteiger partial charge in [0, 0.05) is 32.2 Å². The topological polar surface area (TPSA) is 87.0 Å². The molecule has 0 spiro atoms. The van der Waals surface area contributed by atoms with Gasteiger partial charge in [0.15, 0.2) is 0 Å². The highest BCUT2D eigenvalue weighted by molar-refractivity contribution is 7.89. The lowest BCUT2D eigenvalue weighted by molar-refractivity contribution is -0.139. The van der Waals surface area contributed by atoms with Gasteiger partial charge in [0.05, 0.1) is 4.90 Å². The fourth-order valence-corrected chi connectivity index (χ4v) is 4.86. The molecule has 7 nitrogen and oxygen atoms in total. The average Bonchev–Trinajstić information content (AvgIpc) is 3.01. The number of nitrogens with zero attached hydrogens (tertiary/aromatic N) is 3. The van der Waals surface area contributed by atoms with Crippen LogP contribution in [0.5, 0.6) is 0 Å². The molecule has 0 saturated carbocycles. The van der Waals surface area contributed by atoms with Crippen LogP contribution in [0.25, 0.3) is 0 Å². The Balaban J connectivity index is 1.79. The number of amides is 1. The normalized spacial score (nSPS) is 26.7. The molecule has 1 aromatic rings. The lowest BCUT2D eigenvalue weighted by atomic mass is 10.2. The molecule has 2 heterocycles. The Bertz CT molecular complexity index is 695. The number of likely N-dealkylation sites (tertiary alicyclic amines) is 1. The predicted octanol–water partition coefficient (Wildman–Crippen LogP) is 0.246. The van der Waals surface area contributed by atoms with Crippen LogP contribution in [0, 0.1) is 0 Å². The van der Waals surface area contributed by atoms with Gasteiger partial charge in [-0.15, -0.1) is 0 Å². The van der Waals surface area contributed by atoms with Crippen LogP contribution in [-0.2, 0) is 14.8 Å². The van der Waals surface area contributed by atoms with E-state index >= 15 is 0 Å². The van der Waals surface area contributed by atoms with Crippen LogP contribution in [0.1, 0.15) is 19.8 Å². The minimum atomic E-state index is -3.61.